The van der Waals surface area contributed by atoms with E-state index in [0.29, 0.717) is 5.54 Å². The molecule has 88 valence electrons. The largest absolute Gasteiger partial charge is 0.312 e. The van der Waals surface area contributed by atoms with E-state index in [1.807, 2.05) is 0 Å². The Kier molecular flexibility index (Phi) is 4.00. The van der Waals surface area contributed by atoms with E-state index in [-0.39, 0.29) is 0 Å². The summed E-state index contributed by atoms with van der Waals surface area (Å²) in [4.78, 5) is 0. The molecule has 0 radical (unpaired) electrons. The number of nitrogens with one attached hydrogen (secondary N) is 1. The van der Waals surface area contributed by atoms with Gasteiger partial charge in [-0.2, -0.15) is 0 Å². The van der Waals surface area contributed by atoms with Crippen LogP contribution in [0.3, 0.4) is 0 Å². The third kappa shape index (κ3) is 3.34. The molecule has 1 N–H and O–H groups in total. The second kappa shape index (κ2) is 5.49. The van der Waals surface area contributed by atoms with Crippen LogP contribution in [0.1, 0.15) is 44.6 Å². The van der Waals surface area contributed by atoms with Gasteiger partial charge in [0.05, 0.1) is 0 Å². The number of hydrogen-bond donors (Lipinski definition) is 1. The van der Waals surface area contributed by atoms with Gasteiger partial charge in [0.25, 0.3) is 0 Å². The molecule has 0 bridgehead atoms. The monoisotopic (exact) mass is 217 g/mol. The summed E-state index contributed by atoms with van der Waals surface area (Å²) >= 11 is 0. The van der Waals surface area contributed by atoms with Crippen LogP contribution in [-0.2, 0) is 6.42 Å². The summed E-state index contributed by atoms with van der Waals surface area (Å²) in [6.07, 6.45) is 7.96. The molecule has 0 heterocycles. The molecule has 0 amide bonds. The molecular weight excluding hydrogens is 194 g/mol. The fourth-order valence-corrected chi connectivity index (χ4v) is 2.37. The zero-order valence-corrected chi connectivity index (χ0v) is 10.3. The molecule has 1 aliphatic rings. The molecule has 2 rings (SSSR count). The molecule has 0 atom stereocenters. The molecule has 0 aliphatic heterocycles. The van der Waals surface area contributed by atoms with Crippen LogP contribution in [-0.4, -0.2) is 12.1 Å². The van der Waals surface area contributed by atoms with Gasteiger partial charge in [-0.3, -0.25) is 0 Å². The summed E-state index contributed by atoms with van der Waals surface area (Å²) in [6, 6.07) is 10.8. The van der Waals surface area contributed by atoms with Gasteiger partial charge in [-0.15, -0.1) is 0 Å². The maximum atomic E-state index is 3.68. The Morgan fingerprint density at radius 1 is 1.12 bits per heavy atom. The molecule has 0 unspecified atom stereocenters. The van der Waals surface area contributed by atoms with Crippen molar-refractivity contribution in [2.45, 2.75) is 51.0 Å². The Morgan fingerprint density at radius 3 is 2.50 bits per heavy atom. The highest BCUT2D eigenvalue weighted by molar-refractivity contribution is 5.14. The molecule has 1 saturated carbocycles. The van der Waals surface area contributed by atoms with Gasteiger partial charge in [0.15, 0.2) is 0 Å². The fourth-order valence-electron chi connectivity index (χ4n) is 2.37. The van der Waals surface area contributed by atoms with Crippen LogP contribution in [0, 0.1) is 0 Å². The van der Waals surface area contributed by atoms with Gasteiger partial charge in [-0.1, -0.05) is 30.3 Å². The first-order valence-electron chi connectivity index (χ1n) is 6.57. The van der Waals surface area contributed by atoms with Gasteiger partial charge < -0.3 is 5.32 Å². The second-order valence-corrected chi connectivity index (χ2v) is 5.28. The van der Waals surface area contributed by atoms with E-state index in [2.05, 4.69) is 42.6 Å². The summed E-state index contributed by atoms with van der Waals surface area (Å²) in [5.41, 5.74) is 1.95. The lowest BCUT2D eigenvalue weighted by Crippen LogP contribution is -2.48. The van der Waals surface area contributed by atoms with Crippen LogP contribution in [0.5, 0.6) is 0 Å². The van der Waals surface area contributed by atoms with Crippen LogP contribution >= 0.6 is 0 Å². The van der Waals surface area contributed by atoms with Gasteiger partial charge in [0.2, 0.25) is 0 Å². The highest BCUT2D eigenvalue weighted by atomic mass is 15.0. The Balaban J connectivity index is 1.55. The van der Waals surface area contributed by atoms with Crippen molar-refractivity contribution in [3.05, 3.63) is 35.9 Å². The lowest BCUT2D eigenvalue weighted by Gasteiger charge is -2.39. The van der Waals surface area contributed by atoms with Crippen molar-refractivity contribution < 1.29 is 0 Å². The Bertz CT molecular complexity index is 300. The third-order valence-electron chi connectivity index (χ3n) is 3.74. The van der Waals surface area contributed by atoms with E-state index in [1.165, 1.54) is 50.6 Å². The smallest absolute Gasteiger partial charge is 0.0153 e. The molecule has 1 aromatic carbocycles. The maximum absolute atomic E-state index is 3.68. The molecule has 1 nitrogen and oxygen atoms in total. The summed E-state index contributed by atoms with van der Waals surface area (Å²) in [5, 5.41) is 3.68. The highest BCUT2D eigenvalue weighted by Gasteiger charge is 2.30. The van der Waals surface area contributed by atoms with E-state index in [9.17, 15) is 0 Å². The molecule has 0 saturated heterocycles. The quantitative estimate of drug-likeness (QED) is 0.719. The van der Waals surface area contributed by atoms with Crippen molar-refractivity contribution in [3.8, 4) is 0 Å². The predicted molar refractivity (Wildman–Crippen MR) is 69.6 cm³/mol. The van der Waals surface area contributed by atoms with E-state index in [0.717, 1.165) is 0 Å². The Labute approximate surface area is 99.3 Å². The maximum Gasteiger partial charge on any atom is 0.0153 e. The van der Waals surface area contributed by atoms with Gasteiger partial charge in [-0.25, -0.2) is 0 Å². The van der Waals surface area contributed by atoms with Crippen molar-refractivity contribution in [3.63, 3.8) is 0 Å². The predicted octanol–water partition coefficient (Wildman–Crippen LogP) is 3.54. The van der Waals surface area contributed by atoms with Crippen LogP contribution in [0.2, 0.25) is 0 Å². The SMILES string of the molecule is CC1(NCCCCc2ccccc2)CCC1. The highest BCUT2D eigenvalue weighted by Crippen LogP contribution is 2.30. The van der Waals surface area contributed by atoms with E-state index in [4.69, 9.17) is 0 Å². The molecule has 16 heavy (non-hydrogen) atoms. The van der Waals surface area contributed by atoms with Crippen molar-refractivity contribution in [1.82, 2.24) is 5.32 Å². The Hall–Kier alpha value is -0.820. The number of aryl methyl sites for hydroxylation is 1. The first-order valence-corrected chi connectivity index (χ1v) is 6.57. The van der Waals surface area contributed by atoms with Crippen LogP contribution in [0.4, 0.5) is 0 Å². The van der Waals surface area contributed by atoms with Crippen LogP contribution in [0.15, 0.2) is 30.3 Å². The standard InChI is InChI=1S/C15H23N/c1-15(11-7-12-15)16-13-6-5-10-14-8-3-2-4-9-14/h2-4,8-9,16H,5-7,10-13H2,1H3. The molecule has 1 heteroatoms. The zero-order chi connectivity index (χ0) is 11.3. The lowest BCUT2D eigenvalue weighted by molar-refractivity contribution is 0.208. The van der Waals surface area contributed by atoms with Gasteiger partial charge in [-0.05, 0) is 57.6 Å². The summed E-state index contributed by atoms with van der Waals surface area (Å²) in [5.74, 6) is 0. The number of benzene rings is 1. The van der Waals surface area contributed by atoms with Gasteiger partial charge >= 0.3 is 0 Å². The third-order valence-corrected chi connectivity index (χ3v) is 3.74. The number of hydrogen-bond acceptors (Lipinski definition) is 1. The summed E-state index contributed by atoms with van der Waals surface area (Å²) < 4.78 is 0. The molecule has 1 fully saturated rings. The summed E-state index contributed by atoms with van der Waals surface area (Å²) in [6.45, 7) is 3.54. The molecule has 0 spiro atoms. The van der Waals surface area contributed by atoms with Crippen LogP contribution < -0.4 is 5.32 Å². The molecule has 0 aromatic heterocycles. The normalized spacial score (nSPS) is 18.1. The van der Waals surface area contributed by atoms with Crippen molar-refractivity contribution >= 4 is 0 Å². The topological polar surface area (TPSA) is 12.0 Å². The van der Waals surface area contributed by atoms with E-state index in [1.54, 1.807) is 0 Å². The molecule has 1 aliphatic carbocycles. The summed E-state index contributed by atoms with van der Waals surface area (Å²) in [7, 11) is 0. The molecular formula is C15H23N. The first kappa shape index (κ1) is 11.7. The second-order valence-electron chi connectivity index (χ2n) is 5.28. The van der Waals surface area contributed by atoms with Crippen molar-refractivity contribution in [1.29, 1.82) is 0 Å². The Morgan fingerprint density at radius 2 is 1.88 bits per heavy atom. The fraction of sp³-hybridized carbons (Fsp3) is 0.600. The minimum Gasteiger partial charge on any atom is -0.312 e. The minimum absolute atomic E-state index is 0.479. The van der Waals surface area contributed by atoms with E-state index < -0.39 is 0 Å². The lowest BCUT2D eigenvalue weighted by atomic mass is 9.78. The van der Waals surface area contributed by atoms with Crippen LogP contribution in [0.25, 0.3) is 0 Å². The number of rotatable bonds is 6. The zero-order valence-electron chi connectivity index (χ0n) is 10.3. The van der Waals surface area contributed by atoms with Crippen molar-refractivity contribution in [2.75, 3.05) is 6.54 Å². The van der Waals surface area contributed by atoms with Gasteiger partial charge in [0, 0.05) is 5.54 Å². The van der Waals surface area contributed by atoms with Gasteiger partial charge in [0.1, 0.15) is 0 Å². The average Bonchev–Trinajstić information content (AvgIpc) is 2.28. The van der Waals surface area contributed by atoms with Crippen molar-refractivity contribution in [2.24, 2.45) is 0 Å². The average molecular weight is 217 g/mol. The molecule has 1 aromatic rings. The minimum atomic E-state index is 0.479. The first-order chi connectivity index (χ1) is 7.79. The number of unbranched alkanes of at least 4 members (excludes halogenated alkanes) is 1. The van der Waals surface area contributed by atoms with E-state index >= 15 is 0 Å².